The fourth-order valence-electron chi connectivity index (χ4n) is 4.18. The molecule has 4 heterocycles. The molecule has 22 heavy (non-hydrogen) atoms. The van der Waals surface area contributed by atoms with Gasteiger partial charge in [0.1, 0.15) is 0 Å². The van der Waals surface area contributed by atoms with Gasteiger partial charge in [0.15, 0.2) is 6.54 Å². The fraction of sp³-hybridized carbons (Fsp3) is 0.875. The summed E-state index contributed by atoms with van der Waals surface area (Å²) in [7, 11) is 0. The van der Waals surface area contributed by atoms with Crippen LogP contribution in [-0.4, -0.2) is 85.1 Å². The van der Waals surface area contributed by atoms with Crippen molar-refractivity contribution in [1.29, 1.82) is 0 Å². The highest BCUT2D eigenvalue weighted by Crippen LogP contribution is 2.33. The number of carbonyl (C=O) groups is 2. The van der Waals surface area contributed by atoms with E-state index in [-0.39, 0.29) is 11.9 Å². The van der Waals surface area contributed by atoms with E-state index in [0.29, 0.717) is 39.3 Å². The molecule has 0 aromatic carbocycles. The van der Waals surface area contributed by atoms with E-state index in [1.54, 1.807) is 0 Å². The summed E-state index contributed by atoms with van der Waals surface area (Å²) in [6.07, 6.45) is 3.91. The average molecular weight is 309 g/mol. The second-order valence-electron chi connectivity index (χ2n) is 7.11. The lowest BCUT2D eigenvalue weighted by Crippen LogP contribution is -2.63. The van der Waals surface area contributed by atoms with Crippen LogP contribution in [0.15, 0.2) is 0 Å². The molecule has 0 aliphatic carbocycles. The Labute approximate surface area is 133 Å². The number of carbonyl (C=O) groups excluding carboxylic acids is 2. The van der Waals surface area contributed by atoms with E-state index in [4.69, 9.17) is 0 Å². The van der Waals surface area contributed by atoms with Crippen molar-refractivity contribution in [3.05, 3.63) is 0 Å². The number of amides is 3. The van der Waals surface area contributed by atoms with Gasteiger partial charge in [0.2, 0.25) is 0 Å². The maximum atomic E-state index is 12.6. The molecule has 124 valence electrons. The number of piperazine rings is 1. The van der Waals surface area contributed by atoms with Gasteiger partial charge in [-0.25, -0.2) is 4.79 Å². The minimum atomic E-state index is -0.00502. The second kappa shape index (κ2) is 6.44. The van der Waals surface area contributed by atoms with Crippen LogP contribution in [0.5, 0.6) is 0 Å². The number of hydrogen-bond acceptors (Lipinski definition) is 2. The molecule has 0 aromatic heterocycles. The van der Waals surface area contributed by atoms with Crippen LogP contribution in [0.2, 0.25) is 0 Å². The van der Waals surface area contributed by atoms with Crippen LogP contribution in [0.1, 0.15) is 26.2 Å². The lowest BCUT2D eigenvalue weighted by atomic mass is 9.86. The summed E-state index contributed by atoms with van der Waals surface area (Å²) >= 11 is 0. The van der Waals surface area contributed by atoms with E-state index in [9.17, 15) is 9.59 Å². The van der Waals surface area contributed by atoms with Crippen molar-refractivity contribution in [3.8, 4) is 0 Å². The third-order valence-corrected chi connectivity index (χ3v) is 5.75. The quantitative estimate of drug-likeness (QED) is 0.772. The lowest BCUT2D eigenvalue weighted by Gasteiger charge is -2.49. The molecule has 2 bridgehead atoms. The zero-order valence-corrected chi connectivity index (χ0v) is 13.7. The normalized spacial score (nSPS) is 31.2. The van der Waals surface area contributed by atoms with Gasteiger partial charge in [-0.3, -0.25) is 4.79 Å². The fourth-order valence-corrected chi connectivity index (χ4v) is 4.18. The van der Waals surface area contributed by atoms with Crippen molar-refractivity contribution in [2.24, 2.45) is 5.92 Å². The van der Waals surface area contributed by atoms with E-state index in [1.807, 2.05) is 16.7 Å². The van der Waals surface area contributed by atoms with Crippen molar-refractivity contribution in [1.82, 2.24) is 15.1 Å². The first-order chi connectivity index (χ1) is 10.6. The molecule has 6 heteroatoms. The van der Waals surface area contributed by atoms with Crippen molar-refractivity contribution < 1.29 is 14.1 Å². The summed E-state index contributed by atoms with van der Waals surface area (Å²) in [6.45, 7) is 9.48. The largest absolute Gasteiger partial charge is 0.338 e. The average Bonchev–Trinajstić information content (AvgIpc) is 2.56. The molecule has 4 saturated heterocycles. The number of hydrogen-bond donors (Lipinski definition) is 1. The molecule has 0 spiro atoms. The van der Waals surface area contributed by atoms with E-state index >= 15 is 0 Å². The van der Waals surface area contributed by atoms with Gasteiger partial charge in [0.05, 0.1) is 19.6 Å². The van der Waals surface area contributed by atoms with Gasteiger partial charge < -0.3 is 19.6 Å². The van der Waals surface area contributed by atoms with E-state index in [2.05, 4.69) is 5.32 Å². The Kier molecular flexibility index (Phi) is 4.57. The number of urea groups is 1. The molecule has 0 saturated carbocycles. The molecular weight excluding hydrogens is 280 g/mol. The highest BCUT2D eigenvalue weighted by Gasteiger charge is 2.42. The molecule has 0 unspecified atom stereocenters. The summed E-state index contributed by atoms with van der Waals surface area (Å²) < 4.78 is 1.02. The van der Waals surface area contributed by atoms with Crippen LogP contribution >= 0.6 is 0 Å². The molecule has 1 N–H and O–H groups in total. The molecule has 6 nitrogen and oxygen atoms in total. The molecule has 4 fully saturated rings. The SMILES string of the molecule is CCNC(=O)N1CCN(C(=O)C[N+]23CCC(CC2)CC3)CC1. The highest BCUT2D eigenvalue weighted by molar-refractivity contribution is 5.78. The number of fused-ring (bicyclic) bond motifs is 3. The minimum absolute atomic E-state index is 0.00502. The Morgan fingerprint density at radius 1 is 1.00 bits per heavy atom. The highest BCUT2D eigenvalue weighted by atomic mass is 16.2. The second-order valence-corrected chi connectivity index (χ2v) is 7.11. The molecule has 0 aromatic rings. The van der Waals surface area contributed by atoms with Crippen LogP contribution in [0, 0.1) is 5.92 Å². The number of rotatable bonds is 3. The standard InChI is InChI=1S/C16H28N4O2/c1-2-17-16(22)19-8-6-18(7-9-19)15(21)13-20-10-3-14(4-11-20)5-12-20/h14H,2-13H2,1H3/p+1. The van der Waals surface area contributed by atoms with Crippen LogP contribution in [-0.2, 0) is 4.79 Å². The van der Waals surface area contributed by atoms with Gasteiger partial charge in [0, 0.05) is 32.7 Å². The van der Waals surface area contributed by atoms with Crippen molar-refractivity contribution >= 4 is 11.9 Å². The van der Waals surface area contributed by atoms with Gasteiger partial charge in [0.25, 0.3) is 5.91 Å². The van der Waals surface area contributed by atoms with Gasteiger partial charge in [-0.2, -0.15) is 0 Å². The zero-order valence-electron chi connectivity index (χ0n) is 13.7. The molecule has 0 radical (unpaired) electrons. The first-order valence-corrected chi connectivity index (χ1v) is 8.77. The van der Waals surface area contributed by atoms with Crippen molar-refractivity contribution in [2.45, 2.75) is 26.2 Å². The molecule has 4 rings (SSSR count). The van der Waals surface area contributed by atoms with Crippen LogP contribution < -0.4 is 5.32 Å². The zero-order chi connectivity index (χ0) is 15.6. The smallest absolute Gasteiger partial charge is 0.317 e. The summed E-state index contributed by atoms with van der Waals surface area (Å²) in [4.78, 5) is 28.2. The molecule has 0 atom stereocenters. The first kappa shape index (κ1) is 15.6. The molecule has 4 aliphatic rings. The predicted octanol–water partition coefficient (Wildman–Crippen LogP) is 0.491. The van der Waals surface area contributed by atoms with E-state index in [1.165, 1.54) is 38.9 Å². The van der Waals surface area contributed by atoms with Crippen molar-refractivity contribution in [3.63, 3.8) is 0 Å². The predicted molar refractivity (Wildman–Crippen MR) is 84.3 cm³/mol. The third-order valence-electron chi connectivity index (χ3n) is 5.75. The van der Waals surface area contributed by atoms with Crippen molar-refractivity contribution in [2.75, 3.05) is 58.9 Å². The summed E-state index contributed by atoms with van der Waals surface area (Å²) in [5.41, 5.74) is 0. The van der Waals surface area contributed by atoms with E-state index < -0.39 is 0 Å². The van der Waals surface area contributed by atoms with Gasteiger partial charge in [-0.05, 0) is 32.1 Å². The summed E-state index contributed by atoms with van der Waals surface area (Å²) in [6, 6.07) is -0.00502. The Balaban J connectivity index is 1.49. The molecule has 3 amide bonds. The van der Waals surface area contributed by atoms with E-state index in [0.717, 1.165) is 10.4 Å². The Morgan fingerprint density at radius 3 is 2.09 bits per heavy atom. The number of piperidine rings is 3. The topological polar surface area (TPSA) is 52.7 Å². The van der Waals surface area contributed by atoms with Crippen LogP contribution in [0.3, 0.4) is 0 Å². The number of nitrogens with one attached hydrogen (secondary N) is 1. The van der Waals surface area contributed by atoms with Crippen LogP contribution in [0.25, 0.3) is 0 Å². The van der Waals surface area contributed by atoms with Crippen LogP contribution in [0.4, 0.5) is 4.79 Å². The summed E-state index contributed by atoms with van der Waals surface area (Å²) in [5, 5.41) is 2.83. The Bertz CT molecular complexity index is 410. The Morgan fingerprint density at radius 2 is 1.55 bits per heavy atom. The monoisotopic (exact) mass is 309 g/mol. The molecule has 4 aliphatic heterocycles. The number of nitrogens with zero attached hydrogens (tertiary/aromatic N) is 3. The van der Waals surface area contributed by atoms with Gasteiger partial charge >= 0.3 is 6.03 Å². The lowest BCUT2D eigenvalue weighted by molar-refractivity contribution is -0.935. The molecular formula is C16H29N4O2+. The minimum Gasteiger partial charge on any atom is -0.338 e. The first-order valence-electron chi connectivity index (χ1n) is 8.77. The maximum absolute atomic E-state index is 12.6. The Hall–Kier alpha value is -1.30. The maximum Gasteiger partial charge on any atom is 0.317 e. The van der Waals surface area contributed by atoms with Gasteiger partial charge in [-0.15, -0.1) is 0 Å². The third kappa shape index (κ3) is 3.21. The number of quaternary nitrogens is 1. The van der Waals surface area contributed by atoms with Gasteiger partial charge in [-0.1, -0.05) is 0 Å². The summed E-state index contributed by atoms with van der Waals surface area (Å²) in [5.74, 6) is 1.21.